The van der Waals surface area contributed by atoms with E-state index in [1.165, 1.54) is 12.1 Å². The Kier molecular flexibility index (Phi) is 12.1. The Hall–Kier alpha value is -3.57. The topological polar surface area (TPSA) is 111 Å². The molecule has 0 bridgehead atoms. The van der Waals surface area contributed by atoms with Gasteiger partial charge in [0.25, 0.3) is 0 Å². The van der Waals surface area contributed by atoms with Crippen molar-refractivity contribution in [3.05, 3.63) is 59.0 Å². The van der Waals surface area contributed by atoms with Crippen LogP contribution in [0.15, 0.2) is 58.0 Å². The van der Waals surface area contributed by atoms with Gasteiger partial charge in [0.1, 0.15) is 31.2 Å². The lowest BCUT2D eigenvalue weighted by molar-refractivity contribution is -0.142. The third-order valence-electron chi connectivity index (χ3n) is 7.69. The second-order valence-electron chi connectivity index (χ2n) is 13.2. The molecule has 1 unspecified atom stereocenters. The van der Waals surface area contributed by atoms with Crippen LogP contribution in [-0.2, 0) is 15.9 Å². The minimum Gasteiger partial charge on any atom is -0.456 e. The maximum Gasteiger partial charge on any atom is 0.316 e. The van der Waals surface area contributed by atoms with E-state index in [-0.39, 0.29) is 11.4 Å². The summed E-state index contributed by atoms with van der Waals surface area (Å²) < 4.78 is 22.7. The van der Waals surface area contributed by atoms with Crippen molar-refractivity contribution in [1.29, 1.82) is 5.26 Å². The van der Waals surface area contributed by atoms with Crippen LogP contribution in [0.4, 0.5) is 0 Å². The first-order chi connectivity index (χ1) is 21.9. The number of hydrogen-bond acceptors (Lipinski definition) is 8. The lowest BCUT2D eigenvalue weighted by atomic mass is 9.97. The van der Waals surface area contributed by atoms with E-state index in [4.69, 9.17) is 23.9 Å². The van der Waals surface area contributed by atoms with Crippen LogP contribution in [0.5, 0.6) is 5.75 Å². The highest BCUT2D eigenvalue weighted by Crippen LogP contribution is 2.45. The number of benzene rings is 2. The van der Waals surface area contributed by atoms with Crippen molar-refractivity contribution in [1.82, 2.24) is 14.2 Å². The van der Waals surface area contributed by atoms with E-state index in [0.717, 1.165) is 60.7 Å². The van der Waals surface area contributed by atoms with Gasteiger partial charge in [0.2, 0.25) is 0 Å². The van der Waals surface area contributed by atoms with E-state index >= 15 is 0 Å². The fourth-order valence-corrected chi connectivity index (χ4v) is 7.70. The Morgan fingerprint density at radius 3 is 2.50 bits per heavy atom. The van der Waals surface area contributed by atoms with E-state index in [1.807, 2.05) is 12.3 Å². The molecule has 0 saturated carbocycles. The highest BCUT2D eigenvalue weighted by atomic mass is 31.2. The van der Waals surface area contributed by atoms with Crippen molar-refractivity contribution >= 4 is 25.2 Å². The molecule has 1 aromatic heterocycles. The Labute approximate surface area is 273 Å². The molecule has 4 rings (SSSR count). The molecule has 46 heavy (non-hydrogen) atoms. The summed E-state index contributed by atoms with van der Waals surface area (Å²) in [7, 11) is -0.790. The standard InChI is InChI=1S/C36H47N4O5P/c1-25(2)40(26(3)4)46(22-12-17-37)43-21-11-9-8-10-19-39-20-18-38-34(39)33-29-15-13-27(41)23-31(29)45-32-24-28(14-16-30(32)33)44-35(42)36(5,6)7/h13-16,18,20,23-26H,8-12,19,21-22H2,1-7H3. The molecule has 2 heterocycles. The Bertz CT molecular complexity index is 1670. The van der Waals surface area contributed by atoms with Gasteiger partial charge < -0.3 is 18.2 Å². The van der Waals surface area contributed by atoms with E-state index in [9.17, 15) is 9.59 Å². The maximum atomic E-state index is 12.5. The number of rotatable bonds is 15. The number of hydrogen-bond donors (Lipinski definition) is 0. The molecule has 0 amide bonds. The average molecular weight is 647 g/mol. The second-order valence-corrected chi connectivity index (χ2v) is 15.0. The van der Waals surface area contributed by atoms with Gasteiger partial charge in [0, 0.05) is 72.3 Å². The van der Waals surface area contributed by atoms with Gasteiger partial charge in [0.05, 0.1) is 18.1 Å². The molecule has 1 atom stereocenters. The summed E-state index contributed by atoms with van der Waals surface area (Å²) in [5, 5.41) is 9.95. The highest BCUT2D eigenvalue weighted by Gasteiger charge is 2.26. The Balaban J connectivity index is 1.46. The van der Waals surface area contributed by atoms with Crippen molar-refractivity contribution in [2.24, 2.45) is 5.41 Å². The van der Waals surface area contributed by atoms with Crippen LogP contribution < -0.4 is 10.2 Å². The monoisotopic (exact) mass is 646 g/mol. The number of nitriles is 1. The summed E-state index contributed by atoms with van der Waals surface area (Å²) >= 11 is 0. The van der Waals surface area contributed by atoms with Crippen molar-refractivity contribution in [3.8, 4) is 34.5 Å². The number of esters is 1. The van der Waals surface area contributed by atoms with E-state index in [1.54, 1.807) is 45.2 Å². The van der Waals surface area contributed by atoms with Crippen molar-refractivity contribution < 1.29 is 18.5 Å². The lowest BCUT2D eigenvalue weighted by Crippen LogP contribution is -2.33. The Morgan fingerprint density at radius 2 is 1.80 bits per heavy atom. The zero-order chi connectivity index (χ0) is 33.4. The lowest BCUT2D eigenvalue weighted by Gasteiger charge is -2.37. The molecular formula is C36H47N4O5P. The summed E-state index contributed by atoms with van der Waals surface area (Å²) in [5.74, 6) is 1.28. The first-order valence-corrected chi connectivity index (χ1v) is 17.6. The summed E-state index contributed by atoms with van der Waals surface area (Å²) in [6.07, 6.45) is 9.11. The van der Waals surface area contributed by atoms with Crippen molar-refractivity contribution in [3.63, 3.8) is 0 Å². The van der Waals surface area contributed by atoms with Gasteiger partial charge in [-0.2, -0.15) is 5.26 Å². The predicted molar refractivity (Wildman–Crippen MR) is 184 cm³/mol. The molecule has 1 aliphatic heterocycles. The maximum absolute atomic E-state index is 12.5. The number of carbonyl (C=O) groups is 1. The van der Waals surface area contributed by atoms with Crippen LogP contribution in [0.3, 0.4) is 0 Å². The minimum absolute atomic E-state index is 0.150. The molecule has 2 aliphatic rings. The van der Waals surface area contributed by atoms with Gasteiger partial charge >= 0.3 is 5.97 Å². The molecule has 0 N–H and O–H groups in total. The van der Waals surface area contributed by atoms with Crippen LogP contribution in [0.2, 0.25) is 0 Å². The van der Waals surface area contributed by atoms with Crippen molar-refractivity contribution in [2.45, 2.75) is 99.2 Å². The number of aromatic nitrogens is 2. The fraction of sp³-hybridized carbons (Fsp3) is 0.500. The van der Waals surface area contributed by atoms with Gasteiger partial charge in [-0.25, -0.2) is 4.98 Å². The zero-order valence-electron chi connectivity index (χ0n) is 28.2. The number of fused-ring (bicyclic) bond motifs is 2. The van der Waals surface area contributed by atoms with E-state index in [0.29, 0.717) is 42.2 Å². The molecule has 1 aliphatic carbocycles. The minimum atomic E-state index is -0.790. The van der Waals surface area contributed by atoms with Crippen LogP contribution in [-0.4, -0.2) is 45.0 Å². The smallest absolute Gasteiger partial charge is 0.316 e. The highest BCUT2D eigenvalue weighted by molar-refractivity contribution is 7.50. The zero-order valence-corrected chi connectivity index (χ0v) is 29.1. The summed E-state index contributed by atoms with van der Waals surface area (Å²) in [6, 6.07) is 13.2. The molecule has 2 aromatic rings. The van der Waals surface area contributed by atoms with Crippen LogP contribution in [0.25, 0.3) is 33.7 Å². The molecular weight excluding hydrogens is 599 g/mol. The van der Waals surface area contributed by atoms with Gasteiger partial charge in [0.15, 0.2) is 5.43 Å². The summed E-state index contributed by atoms with van der Waals surface area (Å²) in [6.45, 7) is 15.7. The summed E-state index contributed by atoms with van der Waals surface area (Å²) in [4.78, 5) is 29.5. The normalized spacial score (nSPS) is 12.8. The quantitative estimate of drug-likeness (QED) is 0.0415. The van der Waals surface area contributed by atoms with Crippen LogP contribution in [0.1, 0.15) is 80.6 Å². The van der Waals surface area contributed by atoms with E-state index in [2.05, 4.69) is 43.0 Å². The number of unbranched alkanes of at least 4 members (excludes halogenated alkanes) is 3. The second kappa shape index (κ2) is 15.8. The molecule has 1 aromatic carbocycles. The predicted octanol–water partition coefficient (Wildman–Crippen LogP) is 8.63. The Morgan fingerprint density at radius 1 is 1.07 bits per heavy atom. The molecule has 0 spiro atoms. The third-order valence-corrected chi connectivity index (χ3v) is 10.2. The molecule has 10 heteroatoms. The average Bonchev–Trinajstić information content (AvgIpc) is 3.44. The first kappa shape index (κ1) is 35.3. The van der Waals surface area contributed by atoms with Gasteiger partial charge in [-0.05, 0) is 85.6 Å². The van der Waals surface area contributed by atoms with Gasteiger partial charge in [-0.3, -0.25) is 14.3 Å². The number of nitrogens with zero attached hydrogens (tertiary/aromatic N) is 4. The third kappa shape index (κ3) is 8.82. The van der Waals surface area contributed by atoms with Crippen LogP contribution in [0, 0.1) is 16.7 Å². The SMILES string of the molecule is CC(C)N(C(C)C)P(CCC#N)OCCCCCCn1ccnc1-c1c2ccc(=O)cc-2oc2cc(OC(=O)C(C)(C)C)ccc12. The fourth-order valence-electron chi connectivity index (χ4n) is 5.54. The number of carbonyl (C=O) groups excluding carboxylic acids is 1. The number of ether oxygens (including phenoxy) is 1. The number of imidazole rings is 1. The van der Waals surface area contributed by atoms with Crippen LogP contribution >= 0.6 is 8.30 Å². The largest absolute Gasteiger partial charge is 0.456 e. The van der Waals surface area contributed by atoms with Crippen molar-refractivity contribution in [2.75, 3.05) is 12.8 Å². The molecule has 0 radical (unpaired) electrons. The summed E-state index contributed by atoms with van der Waals surface area (Å²) in [5.41, 5.74) is 1.36. The van der Waals surface area contributed by atoms with E-state index < -0.39 is 13.7 Å². The number of aryl methyl sites for hydroxylation is 1. The van der Waals surface area contributed by atoms with Gasteiger partial charge in [-0.15, -0.1) is 0 Å². The first-order valence-electron chi connectivity index (χ1n) is 16.2. The van der Waals surface area contributed by atoms with Gasteiger partial charge in [-0.1, -0.05) is 12.8 Å². The molecule has 9 nitrogen and oxygen atoms in total. The molecule has 0 saturated heterocycles. The molecule has 246 valence electrons. The molecule has 0 fully saturated rings.